The summed E-state index contributed by atoms with van der Waals surface area (Å²) in [4.78, 5) is 0. The van der Waals surface area contributed by atoms with Gasteiger partial charge < -0.3 is 15.2 Å². The van der Waals surface area contributed by atoms with Crippen molar-refractivity contribution in [3.8, 4) is 5.75 Å². The predicted molar refractivity (Wildman–Crippen MR) is 84.3 cm³/mol. The minimum atomic E-state index is 0.230. The molecular weight excluding hydrogens is 262 g/mol. The number of hydrogen-bond donors (Lipinski definition) is 1. The summed E-state index contributed by atoms with van der Waals surface area (Å²) in [5.74, 6) is 0.963. The second kappa shape index (κ2) is 6.37. The zero-order chi connectivity index (χ0) is 14.7. The summed E-state index contributed by atoms with van der Waals surface area (Å²) in [5, 5.41) is 0. The number of ether oxygens (including phenoxy) is 2. The first-order valence-corrected chi connectivity index (χ1v) is 8.25. The van der Waals surface area contributed by atoms with Crippen LogP contribution in [0, 0.1) is 5.41 Å². The Labute approximate surface area is 127 Å². The topological polar surface area (TPSA) is 44.5 Å². The van der Waals surface area contributed by atoms with Crippen molar-refractivity contribution in [1.82, 2.24) is 0 Å². The molecule has 2 N–H and O–H groups in total. The second-order valence-electron chi connectivity index (χ2n) is 6.68. The maximum absolute atomic E-state index is 6.38. The van der Waals surface area contributed by atoms with Crippen LogP contribution in [-0.4, -0.2) is 19.3 Å². The highest BCUT2D eigenvalue weighted by atomic mass is 16.5. The van der Waals surface area contributed by atoms with Gasteiger partial charge in [0.15, 0.2) is 0 Å². The first-order valence-electron chi connectivity index (χ1n) is 8.25. The van der Waals surface area contributed by atoms with Crippen molar-refractivity contribution < 1.29 is 9.47 Å². The molecule has 2 atom stereocenters. The molecule has 2 saturated carbocycles. The van der Waals surface area contributed by atoms with E-state index >= 15 is 0 Å². The van der Waals surface area contributed by atoms with Crippen molar-refractivity contribution in [2.24, 2.45) is 11.1 Å². The Hall–Kier alpha value is -1.06. The van der Waals surface area contributed by atoms with E-state index in [1.54, 1.807) is 7.11 Å². The standard InChI is InChI=1S/C18H27NO2/c1-20-13-14-7-6-8-15(11-14)21-17-12-16(19)18(17)9-4-2-3-5-10-18/h6-8,11,16-17H,2-5,9-10,12-13,19H2,1H3. The summed E-state index contributed by atoms with van der Waals surface area (Å²) < 4.78 is 11.5. The molecule has 0 heterocycles. The van der Waals surface area contributed by atoms with E-state index in [-0.39, 0.29) is 5.41 Å². The lowest BCUT2D eigenvalue weighted by Crippen LogP contribution is -2.63. The molecule has 3 heteroatoms. The Morgan fingerprint density at radius 1 is 1.19 bits per heavy atom. The first-order chi connectivity index (χ1) is 10.2. The van der Waals surface area contributed by atoms with Gasteiger partial charge in [-0.1, -0.05) is 37.8 Å². The zero-order valence-corrected chi connectivity index (χ0v) is 13.0. The van der Waals surface area contributed by atoms with Gasteiger partial charge in [-0.3, -0.25) is 0 Å². The van der Waals surface area contributed by atoms with Crippen LogP contribution in [0.4, 0.5) is 0 Å². The molecule has 0 radical (unpaired) electrons. The van der Waals surface area contributed by atoms with Gasteiger partial charge in [-0.15, -0.1) is 0 Å². The number of benzene rings is 1. The molecule has 1 aromatic carbocycles. The Kier molecular flexibility index (Phi) is 4.51. The zero-order valence-electron chi connectivity index (χ0n) is 13.0. The first kappa shape index (κ1) is 14.9. The quantitative estimate of drug-likeness (QED) is 0.920. The highest BCUT2D eigenvalue weighted by molar-refractivity contribution is 5.29. The molecule has 0 amide bonds. The second-order valence-corrected chi connectivity index (χ2v) is 6.68. The van der Waals surface area contributed by atoms with Crippen LogP contribution in [0.5, 0.6) is 5.75 Å². The summed E-state index contributed by atoms with van der Waals surface area (Å²) in [5.41, 5.74) is 7.77. The van der Waals surface area contributed by atoms with Gasteiger partial charge >= 0.3 is 0 Å². The molecule has 0 saturated heterocycles. The molecule has 0 bridgehead atoms. The minimum absolute atomic E-state index is 0.230. The third-order valence-corrected chi connectivity index (χ3v) is 5.37. The molecule has 21 heavy (non-hydrogen) atoms. The van der Waals surface area contributed by atoms with Gasteiger partial charge in [0.1, 0.15) is 11.9 Å². The number of nitrogens with two attached hydrogens (primary N) is 1. The molecule has 2 aliphatic carbocycles. The van der Waals surface area contributed by atoms with E-state index in [0.717, 1.165) is 17.7 Å². The Morgan fingerprint density at radius 2 is 1.95 bits per heavy atom. The molecule has 3 rings (SSSR count). The lowest BCUT2D eigenvalue weighted by Gasteiger charge is -2.54. The summed E-state index contributed by atoms with van der Waals surface area (Å²) in [6, 6.07) is 8.58. The molecular formula is C18H27NO2. The largest absolute Gasteiger partial charge is 0.490 e. The highest BCUT2D eigenvalue weighted by Crippen LogP contribution is 2.51. The highest BCUT2D eigenvalue weighted by Gasteiger charge is 2.54. The fourth-order valence-corrected chi connectivity index (χ4v) is 4.06. The fourth-order valence-electron chi connectivity index (χ4n) is 4.06. The summed E-state index contributed by atoms with van der Waals surface area (Å²) in [7, 11) is 1.72. The van der Waals surface area contributed by atoms with Crippen molar-refractivity contribution >= 4 is 0 Å². The average molecular weight is 289 g/mol. The van der Waals surface area contributed by atoms with Crippen LogP contribution >= 0.6 is 0 Å². The summed E-state index contributed by atoms with van der Waals surface area (Å²) >= 11 is 0. The van der Waals surface area contributed by atoms with Gasteiger partial charge in [0.25, 0.3) is 0 Å². The summed E-state index contributed by atoms with van der Waals surface area (Å²) in [6.07, 6.45) is 9.06. The Bertz CT molecular complexity index is 466. The predicted octanol–water partition coefficient (Wildman–Crippen LogP) is 3.65. The molecule has 3 nitrogen and oxygen atoms in total. The lowest BCUT2D eigenvalue weighted by atomic mass is 9.58. The maximum atomic E-state index is 6.38. The van der Waals surface area contributed by atoms with Crippen molar-refractivity contribution in [3.05, 3.63) is 29.8 Å². The number of hydrogen-bond acceptors (Lipinski definition) is 3. The van der Waals surface area contributed by atoms with Crippen LogP contribution in [0.3, 0.4) is 0 Å². The number of rotatable bonds is 4. The molecule has 2 unspecified atom stereocenters. The maximum Gasteiger partial charge on any atom is 0.120 e. The van der Waals surface area contributed by atoms with E-state index in [9.17, 15) is 0 Å². The fraction of sp³-hybridized carbons (Fsp3) is 0.667. The van der Waals surface area contributed by atoms with E-state index in [4.69, 9.17) is 15.2 Å². The molecule has 2 aliphatic rings. The average Bonchev–Trinajstić information content (AvgIpc) is 2.76. The van der Waals surface area contributed by atoms with Gasteiger partial charge in [-0.05, 0) is 30.5 Å². The van der Waals surface area contributed by atoms with Crippen molar-refractivity contribution in [1.29, 1.82) is 0 Å². The molecule has 116 valence electrons. The molecule has 1 aromatic rings. The molecule has 1 spiro atoms. The minimum Gasteiger partial charge on any atom is -0.490 e. The smallest absolute Gasteiger partial charge is 0.120 e. The van der Waals surface area contributed by atoms with Crippen LogP contribution in [0.2, 0.25) is 0 Å². The van der Waals surface area contributed by atoms with E-state index in [0.29, 0.717) is 18.8 Å². The van der Waals surface area contributed by atoms with Gasteiger partial charge in [0.05, 0.1) is 6.61 Å². The van der Waals surface area contributed by atoms with E-state index in [2.05, 4.69) is 12.1 Å². The van der Waals surface area contributed by atoms with Crippen molar-refractivity contribution in [3.63, 3.8) is 0 Å². The van der Waals surface area contributed by atoms with Crippen LogP contribution in [0.1, 0.15) is 50.5 Å². The van der Waals surface area contributed by atoms with E-state index in [1.807, 2.05) is 12.1 Å². The van der Waals surface area contributed by atoms with Crippen molar-refractivity contribution in [2.75, 3.05) is 7.11 Å². The molecule has 2 fully saturated rings. The molecule has 0 aliphatic heterocycles. The van der Waals surface area contributed by atoms with Gasteiger partial charge in [-0.2, -0.15) is 0 Å². The van der Waals surface area contributed by atoms with Crippen LogP contribution < -0.4 is 10.5 Å². The van der Waals surface area contributed by atoms with Gasteiger partial charge in [-0.25, -0.2) is 0 Å². The van der Waals surface area contributed by atoms with E-state index < -0.39 is 0 Å². The van der Waals surface area contributed by atoms with Crippen molar-refractivity contribution in [2.45, 2.75) is 63.7 Å². The Balaban J connectivity index is 1.70. The lowest BCUT2D eigenvalue weighted by molar-refractivity contribution is -0.0770. The third kappa shape index (κ3) is 2.95. The van der Waals surface area contributed by atoms with Gasteiger partial charge in [0.2, 0.25) is 0 Å². The summed E-state index contributed by atoms with van der Waals surface area (Å²) in [6.45, 7) is 0.631. The normalized spacial score (nSPS) is 27.9. The molecule has 0 aromatic heterocycles. The monoisotopic (exact) mass is 289 g/mol. The Morgan fingerprint density at radius 3 is 2.62 bits per heavy atom. The SMILES string of the molecule is COCc1cccc(OC2CC(N)C23CCCCCC3)c1. The van der Waals surface area contributed by atoms with E-state index in [1.165, 1.54) is 38.5 Å². The number of methoxy groups -OCH3 is 1. The third-order valence-electron chi connectivity index (χ3n) is 5.37. The van der Waals surface area contributed by atoms with Crippen LogP contribution in [0.15, 0.2) is 24.3 Å². The van der Waals surface area contributed by atoms with Crippen LogP contribution in [0.25, 0.3) is 0 Å². The van der Waals surface area contributed by atoms with Crippen LogP contribution in [-0.2, 0) is 11.3 Å². The van der Waals surface area contributed by atoms with Gasteiger partial charge in [0, 0.05) is 25.0 Å².